The molecule has 0 saturated carbocycles. The normalized spacial score (nSPS) is 21.5. The van der Waals surface area contributed by atoms with Crippen molar-refractivity contribution in [3.05, 3.63) is 29.8 Å². The Morgan fingerprint density at radius 1 is 1.21 bits per heavy atom. The van der Waals surface area contributed by atoms with Crippen molar-refractivity contribution >= 4 is 5.91 Å². The lowest BCUT2D eigenvalue weighted by molar-refractivity contribution is -0.274. The van der Waals surface area contributed by atoms with E-state index in [-0.39, 0.29) is 17.2 Å². The molecule has 132 valence electrons. The first-order chi connectivity index (χ1) is 11.3. The van der Waals surface area contributed by atoms with Crippen molar-refractivity contribution in [2.45, 2.75) is 37.7 Å². The van der Waals surface area contributed by atoms with E-state index in [0.29, 0.717) is 13.0 Å². The molecule has 0 unspecified atom stereocenters. The number of halogens is 3. The van der Waals surface area contributed by atoms with Gasteiger partial charge in [-0.15, -0.1) is 13.2 Å². The number of amides is 1. The second kappa shape index (κ2) is 6.25. The number of carbonyl (C=O) groups excluding carboxylic acids is 1. The second-order valence-corrected chi connectivity index (χ2v) is 6.32. The molecule has 0 aliphatic carbocycles. The lowest BCUT2D eigenvalue weighted by Crippen LogP contribution is -2.52. The summed E-state index contributed by atoms with van der Waals surface area (Å²) in [7, 11) is 1.91. The lowest BCUT2D eigenvalue weighted by atomic mass is 9.86. The topological polar surface area (TPSA) is 44.8 Å². The van der Waals surface area contributed by atoms with E-state index < -0.39 is 6.36 Å². The van der Waals surface area contributed by atoms with Crippen LogP contribution in [0.2, 0.25) is 0 Å². The fourth-order valence-electron chi connectivity index (χ4n) is 3.47. The van der Waals surface area contributed by atoms with E-state index >= 15 is 0 Å². The Morgan fingerprint density at radius 2 is 1.83 bits per heavy atom. The molecule has 2 fully saturated rings. The number of hydrogen-bond acceptors (Lipinski definition) is 4. The van der Waals surface area contributed by atoms with Gasteiger partial charge in [0.1, 0.15) is 5.75 Å². The molecule has 1 aromatic rings. The van der Waals surface area contributed by atoms with Crippen molar-refractivity contribution in [1.29, 1.82) is 0 Å². The number of hydrazine groups is 1. The molecule has 1 aromatic carbocycles. The summed E-state index contributed by atoms with van der Waals surface area (Å²) in [5.41, 5.74) is 0.623. The van der Waals surface area contributed by atoms with Gasteiger partial charge in [0.25, 0.3) is 0 Å². The minimum atomic E-state index is -4.70. The van der Waals surface area contributed by atoms with Crippen LogP contribution >= 0.6 is 0 Å². The number of alkyl halides is 3. The van der Waals surface area contributed by atoms with Crippen LogP contribution in [0.4, 0.5) is 13.2 Å². The van der Waals surface area contributed by atoms with Gasteiger partial charge in [-0.3, -0.25) is 9.80 Å². The first-order valence-electron chi connectivity index (χ1n) is 7.89. The summed E-state index contributed by atoms with van der Waals surface area (Å²) in [5, 5.41) is 6.99. The Morgan fingerprint density at radius 3 is 2.42 bits per heavy atom. The molecule has 1 N–H and O–H groups in total. The number of piperidine rings is 1. The summed E-state index contributed by atoms with van der Waals surface area (Å²) in [6.07, 6.45) is -2.40. The number of nitrogens with zero attached hydrogens (tertiary/aromatic N) is 2. The minimum Gasteiger partial charge on any atom is -0.406 e. The van der Waals surface area contributed by atoms with Crippen molar-refractivity contribution in [2.24, 2.45) is 0 Å². The molecule has 2 heterocycles. The van der Waals surface area contributed by atoms with Gasteiger partial charge in [-0.25, -0.2) is 5.01 Å². The molecule has 1 amide bonds. The third-order valence-electron chi connectivity index (χ3n) is 4.84. The second-order valence-electron chi connectivity index (χ2n) is 6.32. The highest BCUT2D eigenvalue weighted by atomic mass is 19.4. The number of rotatable bonds is 3. The van der Waals surface area contributed by atoms with E-state index in [1.165, 1.54) is 12.1 Å². The van der Waals surface area contributed by atoms with E-state index in [1.54, 1.807) is 17.1 Å². The van der Waals surface area contributed by atoms with Gasteiger partial charge in [-0.1, -0.05) is 12.1 Å². The van der Waals surface area contributed by atoms with Crippen molar-refractivity contribution in [1.82, 2.24) is 15.3 Å². The molecule has 24 heavy (non-hydrogen) atoms. The number of nitrogens with one attached hydrogen (secondary N) is 1. The maximum atomic E-state index is 12.4. The molecule has 2 aliphatic heterocycles. The first kappa shape index (κ1) is 17.0. The van der Waals surface area contributed by atoms with Crippen LogP contribution < -0.4 is 10.1 Å². The number of benzene rings is 1. The number of carbonyl (C=O) groups is 1. The standard InChI is InChI=1S/C16H20F3N3O2/c1-21-15(6-8-20-9-7-15)10-14(23)22(21)11-12-2-4-13(5-3-12)24-16(17,18)19/h2-5,20H,6-11H2,1H3. The smallest absolute Gasteiger partial charge is 0.406 e. The summed E-state index contributed by atoms with van der Waals surface area (Å²) < 4.78 is 40.4. The molecule has 0 radical (unpaired) electrons. The summed E-state index contributed by atoms with van der Waals surface area (Å²) in [5.74, 6) is -0.211. The molecular formula is C16H20F3N3O2. The zero-order chi connectivity index (χ0) is 17.4. The molecule has 1 spiro atoms. The average molecular weight is 343 g/mol. The monoisotopic (exact) mass is 343 g/mol. The zero-order valence-electron chi connectivity index (χ0n) is 13.4. The van der Waals surface area contributed by atoms with E-state index in [4.69, 9.17) is 0 Å². The van der Waals surface area contributed by atoms with Crippen molar-refractivity contribution < 1.29 is 22.7 Å². The zero-order valence-corrected chi connectivity index (χ0v) is 13.4. The van der Waals surface area contributed by atoms with E-state index in [1.807, 2.05) is 12.1 Å². The Balaban J connectivity index is 1.68. The molecule has 5 nitrogen and oxygen atoms in total. The van der Waals surface area contributed by atoms with Crippen LogP contribution in [-0.4, -0.2) is 48.0 Å². The number of ether oxygens (including phenoxy) is 1. The Bertz CT molecular complexity index is 598. The molecule has 2 saturated heterocycles. The maximum Gasteiger partial charge on any atom is 0.573 e. The van der Waals surface area contributed by atoms with Gasteiger partial charge in [-0.2, -0.15) is 0 Å². The molecule has 0 bridgehead atoms. The molecule has 0 aromatic heterocycles. The Hall–Kier alpha value is -1.80. The molecule has 2 aliphatic rings. The fraction of sp³-hybridized carbons (Fsp3) is 0.562. The van der Waals surface area contributed by atoms with E-state index in [0.717, 1.165) is 31.5 Å². The van der Waals surface area contributed by atoms with E-state index in [9.17, 15) is 18.0 Å². The summed E-state index contributed by atoms with van der Waals surface area (Å²) in [6.45, 7) is 2.11. The van der Waals surface area contributed by atoms with Crippen LogP contribution in [0.25, 0.3) is 0 Å². The molecule has 3 rings (SSSR count). The minimum absolute atomic E-state index is 0.0509. The van der Waals surface area contributed by atoms with Crippen molar-refractivity contribution in [3.63, 3.8) is 0 Å². The predicted molar refractivity (Wildman–Crippen MR) is 80.9 cm³/mol. The highest BCUT2D eigenvalue weighted by molar-refractivity contribution is 5.79. The third kappa shape index (κ3) is 3.49. The highest BCUT2D eigenvalue weighted by Crippen LogP contribution is 2.37. The van der Waals surface area contributed by atoms with Crippen LogP contribution in [0, 0.1) is 0 Å². The van der Waals surface area contributed by atoms with E-state index in [2.05, 4.69) is 10.1 Å². The highest BCUT2D eigenvalue weighted by Gasteiger charge is 2.48. The van der Waals surface area contributed by atoms with Gasteiger partial charge < -0.3 is 10.1 Å². The summed E-state index contributed by atoms with van der Waals surface area (Å²) in [6, 6.07) is 5.64. The predicted octanol–water partition coefficient (Wildman–Crippen LogP) is 2.29. The number of hydrogen-bond donors (Lipinski definition) is 1. The Labute approximate surface area is 138 Å². The van der Waals surface area contributed by atoms with Gasteiger partial charge in [0, 0.05) is 13.5 Å². The van der Waals surface area contributed by atoms with Gasteiger partial charge >= 0.3 is 6.36 Å². The largest absolute Gasteiger partial charge is 0.573 e. The van der Waals surface area contributed by atoms with Crippen LogP contribution in [-0.2, 0) is 11.3 Å². The quantitative estimate of drug-likeness (QED) is 0.915. The Kier molecular flexibility index (Phi) is 4.44. The van der Waals surface area contributed by atoms with Gasteiger partial charge in [0.15, 0.2) is 0 Å². The van der Waals surface area contributed by atoms with Crippen molar-refractivity contribution in [2.75, 3.05) is 20.1 Å². The van der Waals surface area contributed by atoms with Crippen molar-refractivity contribution in [3.8, 4) is 5.75 Å². The van der Waals surface area contributed by atoms with Gasteiger partial charge in [0.2, 0.25) is 5.91 Å². The van der Waals surface area contributed by atoms with Gasteiger partial charge in [-0.05, 0) is 43.6 Å². The molecule has 0 atom stereocenters. The lowest BCUT2D eigenvalue weighted by Gasteiger charge is -2.41. The summed E-state index contributed by atoms with van der Waals surface area (Å²) >= 11 is 0. The third-order valence-corrected chi connectivity index (χ3v) is 4.84. The van der Waals surface area contributed by atoms with Crippen LogP contribution in [0.1, 0.15) is 24.8 Å². The van der Waals surface area contributed by atoms with Crippen LogP contribution in [0.3, 0.4) is 0 Å². The average Bonchev–Trinajstić information content (AvgIpc) is 2.73. The first-order valence-corrected chi connectivity index (χ1v) is 7.89. The molecule has 8 heteroatoms. The maximum absolute atomic E-state index is 12.4. The molecular weight excluding hydrogens is 323 g/mol. The van der Waals surface area contributed by atoms with Gasteiger partial charge in [0.05, 0.1) is 12.1 Å². The summed E-state index contributed by atoms with van der Waals surface area (Å²) in [4.78, 5) is 12.4. The fourth-order valence-corrected chi connectivity index (χ4v) is 3.47. The van der Waals surface area contributed by atoms with Crippen LogP contribution in [0.5, 0.6) is 5.75 Å². The van der Waals surface area contributed by atoms with Crippen LogP contribution in [0.15, 0.2) is 24.3 Å². The SMILES string of the molecule is CN1N(Cc2ccc(OC(F)(F)F)cc2)C(=O)CC12CCNCC2.